The van der Waals surface area contributed by atoms with Crippen LogP contribution in [0.25, 0.3) is 0 Å². The smallest absolute Gasteiger partial charge is 0.377 e. The molecule has 1 N–H and O–H groups in total. The van der Waals surface area contributed by atoms with E-state index in [0.717, 1.165) is 11.3 Å². The van der Waals surface area contributed by atoms with E-state index in [-0.39, 0.29) is 6.54 Å². The first-order valence-electron chi connectivity index (χ1n) is 5.37. The molecule has 1 aliphatic rings. The highest BCUT2D eigenvalue weighted by atomic mass is 19.3. The lowest BCUT2D eigenvalue weighted by molar-refractivity contribution is -0.158. The number of alkyl halides is 2. The second kappa shape index (κ2) is 4.31. The molecule has 1 fully saturated rings. The van der Waals surface area contributed by atoms with Crippen molar-refractivity contribution >= 4 is 11.7 Å². The van der Waals surface area contributed by atoms with Crippen molar-refractivity contribution in [2.75, 3.05) is 11.9 Å². The maximum atomic E-state index is 12.9. The predicted molar refractivity (Wildman–Crippen MR) is 59.1 cm³/mol. The summed E-state index contributed by atoms with van der Waals surface area (Å²) in [5.74, 6) is -4.76. The number of anilines is 1. The van der Waals surface area contributed by atoms with Crippen molar-refractivity contribution in [3.05, 3.63) is 29.8 Å². The number of hydrogen-bond donors (Lipinski definition) is 1. The number of cyclic esters (lactones) is 1. The van der Waals surface area contributed by atoms with Crippen molar-refractivity contribution in [1.82, 2.24) is 0 Å². The molecule has 1 aromatic carbocycles. The molecule has 0 aliphatic carbocycles. The molecular formula is C12H13F2NO2. The summed E-state index contributed by atoms with van der Waals surface area (Å²) in [4.78, 5) is 10.8. The van der Waals surface area contributed by atoms with Gasteiger partial charge in [0.15, 0.2) is 0 Å². The van der Waals surface area contributed by atoms with Gasteiger partial charge in [-0.2, -0.15) is 8.78 Å². The average molecular weight is 241 g/mol. The van der Waals surface area contributed by atoms with Crippen LogP contribution in [0.3, 0.4) is 0 Å². The number of halogens is 2. The average Bonchev–Trinajstić information content (AvgIpc) is 2.50. The van der Waals surface area contributed by atoms with Crippen molar-refractivity contribution in [2.24, 2.45) is 0 Å². The first-order valence-corrected chi connectivity index (χ1v) is 5.37. The van der Waals surface area contributed by atoms with Gasteiger partial charge in [-0.05, 0) is 24.6 Å². The van der Waals surface area contributed by atoms with Crippen LogP contribution in [-0.4, -0.2) is 24.5 Å². The van der Waals surface area contributed by atoms with Gasteiger partial charge in [0, 0.05) is 5.69 Å². The molecule has 0 bridgehead atoms. The fraction of sp³-hybridized carbons (Fsp3) is 0.417. The Morgan fingerprint density at radius 2 is 2.29 bits per heavy atom. The van der Waals surface area contributed by atoms with E-state index in [0.29, 0.717) is 0 Å². The quantitative estimate of drug-likeness (QED) is 0.825. The summed E-state index contributed by atoms with van der Waals surface area (Å²) in [7, 11) is 0. The van der Waals surface area contributed by atoms with E-state index in [4.69, 9.17) is 0 Å². The number of benzene rings is 1. The molecule has 0 aromatic heterocycles. The molecule has 1 saturated heterocycles. The van der Waals surface area contributed by atoms with E-state index in [2.05, 4.69) is 10.1 Å². The van der Waals surface area contributed by atoms with Gasteiger partial charge < -0.3 is 10.1 Å². The van der Waals surface area contributed by atoms with E-state index < -0.39 is 24.4 Å². The van der Waals surface area contributed by atoms with Gasteiger partial charge in [0.1, 0.15) is 6.10 Å². The lowest BCUT2D eigenvalue weighted by atomic mass is 10.2. The maximum absolute atomic E-state index is 12.9. The Labute approximate surface area is 97.8 Å². The minimum Gasteiger partial charge on any atom is -0.456 e. The highest BCUT2D eigenvalue weighted by molar-refractivity contribution is 5.79. The fourth-order valence-corrected chi connectivity index (χ4v) is 1.75. The fourth-order valence-electron chi connectivity index (χ4n) is 1.75. The van der Waals surface area contributed by atoms with Gasteiger partial charge in [0.2, 0.25) is 0 Å². The van der Waals surface area contributed by atoms with E-state index in [1.165, 1.54) is 0 Å². The summed E-state index contributed by atoms with van der Waals surface area (Å²) in [5, 5.41) is 2.98. The zero-order valence-electron chi connectivity index (χ0n) is 9.37. The molecule has 1 aromatic rings. The highest BCUT2D eigenvalue weighted by Gasteiger charge is 2.50. The van der Waals surface area contributed by atoms with Crippen molar-refractivity contribution in [3.8, 4) is 0 Å². The second-order valence-corrected chi connectivity index (χ2v) is 4.19. The number of ether oxygens (including phenoxy) is 1. The Balaban J connectivity index is 1.90. The van der Waals surface area contributed by atoms with Crippen LogP contribution in [0, 0.1) is 6.92 Å². The van der Waals surface area contributed by atoms with E-state index in [1.54, 1.807) is 0 Å². The summed E-state index contributed by atoms with van der Waals surface area (Å²) in [6.07, 6.45) is -1.32. The first-order chi connectivity index (χ1) is 7.97. The number of hydrogen-bond acceptors (Lipinski definition) is 3. The summed E-state index contributed by atoms with van der Waals surface area (Å²) >= 11 is 0. The Bertz CT molecular complexity index is 434. The van der Waals surface area contributed by atoms with Crippen molar-refractivity contribution < 1.29 is 18.3 Å². The largest absolute Gasteiger partial charge is 0.456 e. The Hall–Kier alpha value is -1.65. The van der Waals surface area contributed by atoms with Gasteiger partial charge in [-0.15, -0.1) is 0 Å². The van der Waals surface area contributed by atoms with Gasteiger partial charge in [-0.1, -0.05) is 12.1 Å². The van der Waals surface area contributed by atoms with Gasteiger partial charge in [-0.3, -0.25) is 0 Å². The summed E-state index contributed by atoms with van der Waals surface area (Å²) in [5.41, 5.74) is 1.90. The zero-order valence-corrected chi connectivity index (χ0v) is 9.37. The Morgan fingerprint density at radius 3 is 2.88 bits per heavy atom. The predicted octanol–water partition coefficient (Wildman–Crippen LogP) is 2.36. The molecule has 0 saturated carbocycles. The minimum atomic E-state index is -3.33. The van der Waals surface area contributed by atoms with Gasteiger partial charge in [-0.25, -0.2) is 4.79 Å². The Morgan fingerprint density at radius 1 is 1.53 bits per heavy atom. The molecule has 0 spiro atoms. The molecule has 2 rings (SSSR count). The van der Waals surface area contributed by atoms with E-state index in [1.807, 2.05) is 31.2 Å². The van der Waals surface area contributed by atoms with Crippen molar-refractivity contribution in [2.45, 2.75) is 25.4 Å². The van der Waals surface area contributed by atoms with Crippen LogP contribution in [0.2, 0.25) is 0 Å². The molecule has 1 aliphatic heterocycles. The lowest BCUT2D eigenvalue weighted by Crippen LogP contribution is -2.22. The zero-order chi connectivity index (χ0) is 12.5. The summed E-state index contributed by atoms with van der Waals surface area (Å²) < 4.78 is 30.3. The third kappa shape index (κ3) is 2.72. The van der Waals surface area contributed by atoms with Crippen LogP contribution in [0.4, 0.5) is 14.5 Å². The van der Waals surface area contributed by atoms with Crippen LogP contribution in [-0.2, 0) is 9.53 Å². The molecule has 0 amide bonds. The molecule has 1 heterocycles. The summed E-state index contributed by atoms with van der Waals surface area (Å²) in [6, 6.07) is 7.54. The number of rotatable bonds is 3. The molecular weight excluding hydrogens is 228 g/mol. The molecule has 5 heteroatoms. The van der Waals surface area contributed by atoms with Crippen LogP contribution >= 0.6 is 0 Å². The highest BCUT2D eigenvalue weighted by Crippen LogP contribution is 2.30. The number of carbonyl (C=O) groups is 1. The molecule has 17 heavy (non-hydrogen) atoms. The first kappa shape index (κ1) is 11.8. The third-order valence-electron chi connectivity index (χ3n) is 2.61. The number of esters is 1. The van der Waals surface area contributed by atoms with Crippen molar-refractivity contribution in [3.63, 3.8) is 0 Å². The summed E-state index contributed by atoms with van der Waals surface area (Å²) in [6.45, 7) is 2.14. The van der Waals surface area contributed by atoms with E-state index >= 15 is 0 Å². The molecule has 0 radical (unpaired) electrons. The van der Waals surface area contributed by atoms with Gasteiger partial charge in [0.25, 0.3) is 0 Å². The van der Waals surface area contributed by atoms with Crippen LogP contribution in [0.1, 0.15) is 12.0 Å². The minimum absolute atomic E-state index is 0.199. The lowest BCUT2D eigenvalue weighted by Gasteiger charge is -2.11. The van der Waals surface area contributed by atoms with Crippen LogP contribution in [0.5, 0.6) is 0 Å². The number of nitrogens with one attached hydrogen (secondary N) is 1. The van der Waals surface area contributed by atoms with Gasteiger partial charge >= 0.3 is 11.9 Å². The maximum Gasteiger partial charge on any atom is 0.377 e. The molecule has 3 nitrogen and oxygen atoms in total. The number of aryl methyl sites for hydroxylation is 1. The monoisotopic (exact) mass is 241 g/mol. The van der Waals surface area contributed by atoms with Crippen LogP contribution < -0.4 is 5.32 Å². The normalized spacial score (nSPS) is 22.3. The van der Waals surface area contributed by atoms with Crippen LogP contribution in [0.15, 0.2) is 24.3 Å². The standard InChI is InChI=1S/C12H13F2NO2/c1-8-3-2-4-9(5-8)15-7-10-6-12(13,14)11(16)17-10/h2-5,10,15H,6-7H2,1H3. The number of carbonyl (C=O) groups excluding carboxylic acids is 1. The molecule has 92 valence electrons. The molecule has 1 atom stereocenters. The Kier molecular flexibility index (Phi) is 3.00. The molecule has 1 unspecified atom stereocenters. The van der Waals surface area contributed by atoms with E-state index in [9.17, 15) is 13.6 Å². The SMILES string of the molecule is Cc1cccc(NCC2CC(F)(F)C(=O)O2)c1. The van der Waals surface area contributed by atoms with Crippen molar-refractivity contribution in [1.29, 1.82) is 0 Å². The van der Waals surface area contributed by atoms with Gasteiger partial charge in [0.05, 0.1) is 13.0 Å². The third-order valence-corrected chi connectivity index (χ3v) is 2.61. The second-order valence-electron chi connectivity index (χ2n) is 4.19. The topological polar surface area (TPSA) is 38.3 Å².